The van der Waals surface area contributed by atoms with Crippen molar-refractivity contribution in [1.29, 1.82) is 0 Å². The largest absolute Gasteiger partial charge is 1.00 e. The summed E-state index contributed by atoms with van der Waals surface area (Å²) in [6.45, 7) is 0. The standard InChI is InChI=1S/2C30H22BrNO2.C24H19N.C10H6BrClO.C8H5.C6H4BrIO2.Cu/c2*31-29-27(19-20-28(33)30(29)34)32(25-15-11-23(12-16-25)21-7-3-1-4-8-21)26-17-13-24(14-18-26)22-9-5-2-6-10-22;1-3-7-19(8-4-1)21-11-15-23(16-12-21)25-24-17-13-22(14-18-24)20-9-5-2-6-10-20;11-10-8(13)5-4-6-2-1-3-7(12)9(6)10;1-2-8-6-4-3-5-7-8;7-5-3(8)1-2-4(9)6(5)10;/h2*1-20,33-34H;1-18,25H;1-5,13H;3-7H;1-2,9-10H;/q;;;;-1;;+1. The van der Waals surface area contributed by atoms with Crippen molar-refractivity contribution < 1.29 is 52.8 Å². The zero-order valence-corrected chi connectivity index (χ0v) is 76.7. The molecule has 125 heavy (non-hydrogen) atoms. The summed E-state index contributed by atoms with van der Waals surface area (Å²) in [7, 11) is 0. The fraction of sp³-hybridized carbons (Fsp3) is 0. The summed E-state index contributed by atoms with van der Waals surface area (Å²) in [5.41, 5.74) is 22.2. The average molecular weight is 2080 g/mol. The molecule has 0 aliphatic rings. The topological polar surface area (TPSA) is 160 Å². The van der Waals surface area contributed by atoms with Crippen LogP contribution in [-0.4, -0.2) is 35.7 Å². The van der Waals surface area contributed by atoms with Crippen molar-refractivity contribution in [3.63, 3.8) is 0 Å². The van der Waals surface area contributed by atoms with Gasteiger partial charge in [-0.1, -0.05) is 303 Å². The number of nitrogens with zero attached hydrogens (tertiary/aromatic N) is 2. The normalized spacial score (nSPS) is 10.3. The van der Waals surface area contributed by atoms with Crippen molar-refractivity contribution in [3.8, 4) is 113 Å². The second-order valence-corrected chi connectivity index (χ2v) is 32.6. The van der Waals surface area contributed by atoms with Crippen LogP contribution in [0.2, 0.25) is 5.02 Å². The van der Waals surface area contributed by atoms with Crippen LogP contribution in [0.25, 0.3) is 77.5 Å². The summed E-state index contributed by atoms with van der Waals surface area (Å²) >= 11 is 21.4. The molecule has 0 saturated carbocycles. The summed E-state index contributed by atoms with van der Waals surface area (Å²) in [5.74, 6) is 1.55. The van der Waals surface area contributed by atoms with Crippen LogP contribution in [0.1, 0.15) is 5.56 Å². The number of halogens is 6. The average Bonchev–Trinajstić information content (AvgIpc) is 0.781. The van der Waals surface area contributed by atoms with Gasteiger partial charge in [0.25, 0.3) is 0 Å². The molecule has 0 unspecified atom stereocenters. The van der Waals surface area contributed by atoms with E-state index < -0.39 is 0 Å². The van der Waals surface area contributed by atoms with E-state index in [2.05, 4.69) is 318 Å². The summed E-state index contributed by atoms with van der Waals surface area (Å²) in [4.78, 5) is 4.10. The summed E-state index contributed by atoms with van der Waals surface area (Å²) in [6, 6.07) is 140. The molecule has 0 aliphatic heterocycles. The number of phenolic OH excluding ortho intramolecular Hbond substituents is 7. The van der Waals surface area contributed by atoms with Crippen molar-refractivity contribution >= 4 is 154 Å². The van der Waals surface area contributed by atoms with Crippen LogP contribution in [0.5, 0.6) is 40.2 Å². The number of aromatic hydroxyl groups is 7. The number of nitrogens with one attached hydrogen (secondary N) is 1. The number of hydrogen-bond acceptors (Lipinski definition) is 10. The monoisotopic (exact) mass is 2070 g/mol. The molecule has 18 aromatic carbocycles. The Morgan fingerprint density at radius 3 is 0.800 bits per heavy atom. The molecule has 0 radical (unpaired) electrons. The number of phenols is 7. The van der Waals surface area contributed by atoms with Gasteiger partial charge in [-0.25, -0.2) is 0 Å². The smallest absolute Gasteiger partial charge is 0.507 e. The molecule has 0 amide bonds. The fourth-order valence-electron chi connectivity index (χ4n) is 13.3. The van der Waals surface area contributed by atoms with Crippen molar-refractivity contribution in [1.82, 2.24) is 0 Å². The van der Waals surface area contributed by atoms with Crippen LogP contribution in [0.15, 0.2) is 443 Å². The molecule has 0 bridgehead atoms. The van der Waals surface area contributed by atoms with Gasteiger partial charge in [0.15, 0.2) is 34.5 Å². The Morgan fingerprint density at radius 2 is 0.520 bits per heavy atom. The molecule has 0 aromatic heterocycles. The second-order valence-electron chi connectivity index (χ2n) is 27.8. The van der Waals surface area contributed by atoms with Crippen molar-refractivity contribution in [2.45, 2.75) is 0 Å². The second kappa shape index (κ2) is 45.0. The van der Waals surface area contributed by atoms with Gasteiger partial charge in [-0.15, -0.1) is 17.7 Å². The van der Waals surface area contributed by atoms with E-state index in [1.165, 1.54) is 40.5 Å². The maximum absolute atomic E-state index is 10.4. The number of benzene rings is 18. The van der Waals surface area contributed by atoms with Gasteiger partial charge in [-0.05, 0) is 280 Å². The van der Waals surface area contributed by atoms with Gasteiger partial charge < -0.3 is 57.3 Å². The summed E-state index contributed by atoms with van der Waals surface area (Å²) < 4.78 is 2.90. The summed E-state index contributed by atoms with van der Waals surface area (Å²) in [6.07, 6.45) is 6.69. The zero-order chi connectivity index (χ0) is 86.9. The Morgan fingerprint density at radius 1 is 0.264 bits per heavy atom. The van der Waals surface area contributed by atoms with E-state index in [9.17, 15) is 25.5 Å². The van der Waals surface area contributed by atoms with Crippen LogP contribution in [0.3, 0.4) is 0 Å². The molecule has 18 rings (SSSR count). The third kappa shape index (κ3) is 24.0. The molecular formula is C108H78Br4ClCuIN3O7. The molecule has 0 heterocycles. The van der Waals surface area contributed by atoms with Crippen LogP contribution in [-0.2, 0) is 17.1 Å². The first kappa shape index (κ1) is 91.4. The first-order valence-electron chi connectivity index (χ1n) is 39.0. The van der Waals surface area contributed by atoms with E-state index in [4.69, 9.17) is 28.2 Å². The molecule has 18 aromatic rings. The molecule has 0 aliphatic carbocycles. The van der Waals surface area contributed by atoms with Gasteiger partial charge in [0, 0.05) is 48.1 Å². The van der Waals surface area contributed by atoms with Crippen molar-refractivity contribution in [2.24, 2.45) is 0 Å². The van der Waals surface area contributed by atoms with Gasteiger partial charge in [0.05, 0.1) is 29.3 Å². The quantitative estimate of drug-likeness (QED) is 0.0173. The SMILES string of the molecule is Oc1ccc(I)c(Br)c1O.Oc1ccc(N(c2ccc(-c3ccccc3)cc2)c2ccc(-c3ccccc3)cc2)c(Br)c1O.Oc1ccc(N(c2ccc(-c3ccccc3)cc2)c2ccc(-c3ccccc3)cc2)c(Br)c1O.Oc1ccc2cccc(Cl)c2c1Br.[C-]#Cc1ccccc1.[Cu+].c1ccc(-c2ccc(Nc3ccc(-c4ccccc4)cc3)cc2)cc1. The van der Waals surface area contributed by atoms with E-state index in [-0.39, 0.29) is 57.3 Å². The third-order valence-electron chi connectivity index (χ3n) is 19.7. The van der Waals surface area contributed by atoms with Gasteiger partial charge in [-0.2, -0.15) is 0 Å². The van der Waals surface area contributed by atoms with E-state index >= 15 is 0 Å². The van der Waals surface area contributed by atoms with Gasteiger partial charge >= 0.3 is 17.1 Å². The van der Waals surface area contributed by atoms with Crippen LogP contribution in [0, 0.1) is 15.9 Å². The number of hydrogen-bond donors (Lipinski definition) is 8. The molecule has 620 valence electrons. The van der Waals surface area contributed by atoms with Crippen molar-refractivity contribution in [3.05, 3.63) is 463 Å². The maximum Gasteiger partial charge on any atom is 1.00 e. The zero-order valence-electron chi connectivity index (χ0n) is 66.5. The third-order valence-corrected chi connectivity index (χ3v) is 24.8. The number of rotatable bonds is 14. The van der Waals surface area contributed by atoms with Gasteiger partial charge in [-0.3, -0.25) is 5.92 Å². The van der Waals surface area contributed by atoms with E-state index in [0.29, 0.717) is 22.9 Å². The van der Waals surface area contributed by atoms with Crippen molar-refractivity contribution in [2.75, 3.05) is 15.1 Å². The minimum absolute atomic E-state index is 0. The Kier molecular flexibility index (Phi) is 33.0. The predicted octanol–water partition coefficient (Wildman–Crippen LogP) is 32.1. The van der Waals surface area contributed by atoms with E-state index in [1.807, 2.05) is 166 Å². The number of anilines is 8. The van der Waals surface area contributed by atoms with Gasteiger partial charge in [0.1, 0.15) is 5.75 Å². The fourth-order valence-corrected chi connectivity index (χ4v) is 16.0. The first-order valence-corrected chi connectivity index (χ1v) is 43.6. The minimum Gasteiger partial charge on any atom is -0.507 e. The Balaban J connectivity index is 0.000000146. The molecule has 10 nitrogen and oxygen atoms in total. The molecule has 0 fully saturated rings. The molecule has 0 saturated heterocycles. The molecule has 8 N–H and O–H groups in total. The summed E-state index contributed by atoms with van der Waals surface area (Å²) in [5, 5.41) is 74.2. The van der Waals surface area contributed by atoms with E-state index in [1.54, 1.807) is 30.3 Å². The van der Waals surface area contributed by atoms with Gasteiger partial charge in [0.2, 0.25) is 0 Å². The number of fused-ring (bicyclic) bond motifs is 1. The molecule has 17 heteroatoms. The Hall–Kier alpha value is -12.8. The maximum atomic E-state index is 10.4. The Bertz CT molecular complexity index is 6070. The van der Waals surface area contributed by atoms with Crippen LogP contribution < -0.4 is 15.1 Å². The first-order chi connectivity index (χ1) is 60.4. The minimum atomic E-state index is -0.190. The molecule has 0 spiro atoms. The van der Waals surface area contributed by atoms with Crippen LogP contribution >= 0.6 is 97.9 Å². The van der Waals surface area contributed by atoms with E-state index in [0.717, 1.165) is 110 Å². The van der Waals surface area contributed by atoms with Crippen LogP contribution in [0.4, 0.5) is 45.5 Å². The predicted molar refractivity (Wildman–Crippen MR) is 534 cm³/mol. The Labute approximate surface area is 790 Å². The molecule has 0 atom stereocenters. The molecular weight excluding hydrogens is 2000 g/mol.